The maximum atomic E-state index is 2.54. The van der Waals surface area contributed by atoms with Crippen molar-refractivity contribution in [1.29, 1.82) is 0 Å². The Hall–Kier alpha value is -6.18. The fourth-order valence-electron chi connectivity index (χ4n) is 8.70. The van der Waals surface area contributed by atoms with Crippen LogP contribution in [-0.2, 0) is 5.41 Å². The highest BCUT2D eigenvalue weighted by molar-refractivity contribution is 6.27. The van der Waals surface area contributed by atoms with Crippen LogP contribution in [0.1, 0.15) is 25.0 Å². The van der Waals surface area contributed by atoms with Gasteiger partial charge in [-0.2, -0.15) is 0 Å². The number of benzene rings is 8. The second kappa shape index (κ2) is 10.9. The molecule has 1 aliphatic rings. The predicted octanol–water partition coefficient (Wildman–Crippen LogP) is 13.2. The van der Waals surface area contributed by atoms with Crippen molar-refractivity contribution in [1.82, 2.24) is 4.57 Å². The van der Waals surface area contributed by atoms with Crippen LogP contribution in [0.5, 0.6) is 0 Å². The third-order valence-corrected chi connectivity index (χ3v) is 10.9. The number of rotatable bonds is 4. The molecule has 10 rings (SSSR count). The molecule has 0 bridgehead atoms. The van der Waals surface area contributed by atoms with Crippen molar-refractivity contribution >= 4 is 32.6 Å². The van der Waals surface area contributed by atoms with Crippen LogP contribution in [0.25, 0.3) is 82.8 Å². The smallest absolute Gasteiger partial charge is 0.0629 e. The molecule has 1 aliphatic carbocycles. The first-order valence-corrected chi connectivity index (χ1v) is 17.5. The molecule has 0 spiro atoms. The molecule has 236 valence electrons. The number of para-hydroxylation sites is 1. The van der Waals surface area contributed by atoms with Gasteiger partial charge in [-0.05, 0) is 97.2 Å². The topological polar surface area (TPSA) is 4.93 Å². The minimum Gasteiger partial charge on any atom is -0.309 e. The van der Waals surface area contributed by atoms with E-state index >= 15 is 0 Å². The maximum absolute atomic E-state index is 2.54. The lowest BCUT2D eigenvalue weighted by atomic mass is 9.79. The Balaban J connectivity index is 1.28. The molecule has 1 heterocycles. The molecule has 1 aromatic heterocycles. The minimum atomic E-state index is -0.130. The Labute approximate surface area is 292 Å². The lowest BCUT2D eigenvalue weighted by Gasteiger charge is -2.24. The van der Waals surface area contributed by atoms with E-state index in [4.69, 9.17) is 0 Å². The van der Waals surface area contributed by atoms with E-state index in [0.29, 0.717) is 0 Å². The zero-order chi connectivity index (χ0) is 33.4. The van der Waals surface area contributed by atoms with E-state index in [9.17, 15) is 0 Å². The maximum Gasteiger partial charge on any atom is 0.0629 e. The first-order valence-electron chi connectivity index (χ1n) is 17.5. The highest BCUT2D eigenvalue weighted by Gasteiger charge is 2.39. The highest BCUT2D eigenvalue weighted by Crippen LogP contribution is 2.56. The van der Waals surface area contributed by atoms with Crippen molar-refractivity contribution in [2.24, 2.45) is 0 Å². The molecule has 0 N–H and O–H groups in total. The average molecular weight is 638 g/mol. The fourth-order valence-corrected chi connectivity index (χ4v) is 8.70. The second-order valence-corrected chi connectivity index (χ2v) is 14.1. The SMILES string of the molecule is CC1(C)c2ccccc2-c2c1c1ccccc1c1c3ccccc3n(-c3cccc(-c4cc(-c5ccccc5)cc(-c5ccccc5)c4)c3)c21. The van der Waals surface area contributed by atoms with Crippen LogP contribution < -0.4 is 0 Å². The molecule has 0 fully saturated rings. The predicted molar refractivity (Wildman–Crippen MR) is 212 cm³/mol. The fraction of sp³-hybridized carbons (Fsp3) is 0.0612. The van der Waals surface area contributed by atoms with Gasteiger partial charge in [-0.25, -0.2) is 0 Å². The Kier molecular flexibility index (Phi) is 6.29. The molecule has 0 amide bonds. The van der Waals surface area contributed by atoms with E-state index in [2.05, 4.69) is 194 Å². The zero-order valence-electron chi connectivity index (χ0n) is 28.2. The van der Waals surface area contributed by atoms with E-state index in [1.165, 1.54) is 93.9 Å². The van der Waals surface area contributed by atoms with E-state index < -0.39 is 0 Å². The van der Waals surface area contributed by atoms with E-state index in [1.54, 1.807) is 0 Å². The Morgan fingerprint density at radius 1 is 0.420 bits per heavy atom. The lowest BCUT2D eigenvalue weighted by molar-refractivity contribution is 0.666. The third kappa shape index (κ3) is 4.20. The van der Waals surface area contributed by atoms with Gasteiger partial charge >= 0.3 is 0 Å². The summed E-state index contributed by atoms with van der Waals surface area (Å²) in [6.45, 7) is 4.79. The monoisotopic (exact) mass is 637 g/mol. The summed E-state index contributed by atoms with van der Waals surface area (Å²) in [6.07, 6.45) is 0. The molecule has 50 heavy (non-hydrogen) atoms. The van der Waals surface area contributed by atoms with Gasteiger partial charge < -0.3 is 4.57 Å². The molecule has 1 heteroatoms. The summed E-state index contributed by atoms with van der Waals surface area (Å²) in [5, 5.41) is 5.27. The largest absolute Gasteiger partial charge is 0.309 e. The number of nitrogens with zero attached hydrogens (tertiary/aromatic N) is 1. The van der Waals surface area contributed by atoms with Gasteiger partial charge in [0.1, 0.15) is 0 Å². The van der Waals surface area contributed by atoms with E-state index in [0.717, 1.165) is 0 Å². The number of hydrogen-bond donors (Lipinski definition) is 0. The summed E-state index contributed by atoms with van der Waals surface area (Å²) < 4.78 is 2.54. The summed E-state index contributed by atoms with van der Waals surface area (Å²) in [4.78, 5) is 0. The summed E-state index contributed by atoms with van der Waals surface area (Å²) in [5.41, 5.74) is 16.3. The van der Waals surface area contributed by atoms with Crippen LogP contribution >= 0.6 is 0 Å². The molecule has 0 aliphatic heterocycles. The Morgan fingerprint density at radius 2 is 0.960 bits per heavy atom. The average Bonchev–Trinajstić information content (AvgIpc) is 3.65. The third-order valence-electron chi connectivity index (χ3n) is 10.9. The summed E-state index contributed by atoms with van der Waals surface area (Å²) in [7, 11) is 0. The molecule has 9 aromatic rings. The van der Waals surface area contributed by atoms with Crippen LogP contribution in [0.3, 0.4) is 0 Å². The van der Waals surface area contributed by atoms with Crippen molar-refractivity contribution in [2.75, 3.05) is 0 Å². The van der Waals surface area contributed by atoms with Gasteiger partial charge in [-0.3, -0.25) is 0 Å². The van der Waals surface area contributed by atoms with Gasteiger partial charge in [0.25, 0.3) is 0 Å². The van der Waals surface area contributed by atoms with Gasteiger partial charge in [-0.15, -0.1) is 0 Å². The van der Waals surface area contributed by atoms with Crippen LogP contribution in [0.15, 0.2) is 176 Å². The minimum absolute atomic E-state index is 0.130. The Bertz CT molecular complexity index is 2710. The summed E-state index contributed by atoms with van der Waals surface area (Å²) in [5.74, 6) is 0. The molecule has 0 radical (unpaired) electrons. The normalized spacial score (nSPS) is 13.2. The van der Waals surface area contributed by atoms with Crippen LogP contribution in [0.4, 0.5) is 0 Å². The quantitative estimate of drug-likeness (QED) is 0.181. The molecule has 0 saturated heterocycles. The molecular formula is C49H35N. The van der Waals surface area contributed by atoms with Crippen molar-refractivity contribution < 1.29 is 0 Å². The van der Waals surface area contributed by atoms with E-state index in [-0.39, 0.29) is 5.41 Å². The molecular weight excluding hydrogens is 603 g/mol. The van der Waals surface area contributed by atoms with Crippen molar-refractivity contribution in [3.63, 3.8) is 0 Å². The van der Waals surface area contributed by atoms with Crippen molar-refractivity contribution in [3.8, 4) is 50.2 Å². The molecule has 1 nitrogen and oxygen atoms in total. The number of fused-ring (bicyclic) bond motifs is 10. The first-order chi connectivity index (χ1) is 24.6. The van der Waals surface area contributed by atoms with Gasteiger partial charge in [-0.1, -0.05) is 153 Å². The van der Waals surface area contributed by atoms with Gasteiger partial charge in [0, 0.05) is 27.4 Å². The molecule has 0 unspecified atom stereocenters. The van der Waals surface area contributed by atoms with Crippen LogP contribution in [-0.4, -0.2) is 4.57 Å². The summed E-state index contributed by atoms with van der Waals surface area (Å²) in [6, 6.07) is 64.7. The second-order valence-electron chi connectivity index (χ2n) is 14.1. The highest BCUT2D eigenvalue weighted by atomic mass is 15.0. The first kappa shape index (κ1) is 28.8. The van der Waals surface area contributed by atoms with E-state index in [1.807, 2.05) is 0 Å². The van der Waals surface area contributed by atoms with Gasteiger partial charge in [0.15, 0.2) is 0 Å². The number of aromatic nitrogens is 1. The molecule has 0 saturated carbocycles. The standard InChI is InChI=1S/C49H35N/c1-49(2)43-26-13-11-24-41(43)46-47(49)40-23-10-9-22-39(40)45-42-25-12-14-27-44(42)50(48(45)46)38-21-15-20-34(31-38)37-29-35(32-16-5-3-6-17-32)28-36(30-37)33-18-7-4-8-19-33/h3-31H,1-2H3. The molecule has 0 atom stereocenters. The lowest BCUT2D eigenvalue weighted by Crippen LogP contribution is -2.15. The molecule has 8 aromatic carbocycles. The van der Waals surface area contributed by atoms with Crippen molar-refractivity contribution in [2.45, 2.75) is 19.3 Å². The van der Waals surface area contributed by atoms with Crippen molar-refractivity contribution in [3.05, 3.63) is 187 Å². The van der Waals surface area contributed by atoms with Crippen LogP contribution in [0, 0.1) is 0 Å². The zero-order valence-corrected chi connectivity index (χ0v) is 28.2. The number of hydrogen-bond acceptors (Lipinski definition) is 0. The van der Waals surface area contributed by atoms with Gasteiger partial charge in [0.05, 0.1) is 11.0 Å². The van der Waals surface area contributed by atoms with Crippen LogP contribution in [0.2, 0.25) is 0 Å². The van der Waals surface area contributed by atoms with Gasteiger partial charge in [0.2, 0.25) is 0 Å². The summed E-state index contributed by atoms with van der Waals surface area (Å²) >= 11 is 0. The Morgan fingerprint density at radius 3 is 1.66 bits per heavy atom.